The lowest BCUT2D eigenvalue weighted by molar-refractivity contribution is -0.131. The zero-order chi connectivity index (χ0) is 22.1. The molecule has 5 rings (SSSR count). The topological polar surface area (TPSA) is 36.1 Å². The number of hydrogen-bond acceptors (Lipinski definition) is 1. The Hall–Kier alpha value is -2.76. The molecular formula is C25H27F3N2O. The number of likely N-dealkylation sites (tertiary alicyclic amines) is 1. The van der Waals surface area contributed by atoms with E-state index in [1.165, 1.54) is 18.2 Å². The van der Waals surface area contributed by atoms with E-state index in [-0.39, 0.29) is 29.1 Å². The van der Waals surface area contributed by atoms with Gasteiger partial charge >= 0.3 is 0 Å². The number of carbonyl (C=O) groups is 1. The molecule has 0 radical (unpaired) electrons. The van der Waals surface area contributed by atoms with E-state index < -0.39 is 11.6 Å². The lowest BCUT2D eigenvalue weighted by Gasteiger charge is -2.16. The predicted octanol–water partition coefficient (Wildman–Crippen LogP) is 6.08. The van der Waals surface area contributed by atoms with Gasteiger partial charge in [-0.25, -0.2) is 13.2 Å². The molecule has 3 aromatic rings. The minimum absolute atomic E-state index is 0.194. The molecule has 3 nitrogen and oxygen atoms in total. The number of hydrogen-bond donors (Lipinski definition) is 1. The van der Waals surface area contributed by atoms with E-state index in [1.807, 2.05) is 18.7 Å². The SMILES string of the molecule is CC.O=C(C1CC1)N1CCC(Cc2c(-c3ccc(F)cc3)[nH]c3c(F)cc(F)cc23)C1. The molecule has 1 unspecified atom stereocenters. The third-order valence-electron chi connectivity index (χ3n) is 6.08. The van der Waals surface area contributed by atoms with Crippen LogP contribution in [0.1, 0.15) is 38.7 Å². The molecule has 6 heteroatoms. The first-order valence-electron chi connectivity index (χ1n) is 11.0. The van der Waals surface area contributed by atoms with E-state index in [0.717, 1.165) is 43.0 Å². The van der Waals surface area contributed by atoms with Crippen LogP contribution < -0.4 is 0 Å². The molecular weight excluding hydrogens is 401 g/mol. The first-order chi connectivity index (χ1) is 15.0. The average Bonchev–Trinajstić information content (AvgIpc) is 3.41. The number of nitrogens with one attached hydrogen (secondary N) is 1. The Morgan fingerprint density at radius 3 is 2.42 bits per heavy atom. The van der Waals surface area contributed by atoms with Crippen LogP contribution in [-0.2, 0) is 11.2 Å². The second-order valence-corrected chi connectivity index (χ2v) is 8.21. The average molecular weight is 428 g/mol. The van der Waals surface area contributed by atoms with Crippen molar-refractivity contribution in [1.29, 1.82) is 0 Å². The first kappa shape index (κ1) is 21.5. The summed E-state index contributed by atoms with van der Waals surface area (Å²) in [7, 11) is 0. The Kier molecular flexibility index (Phi) is 6.08. The highest BCUT2D eigenvalue weighted by Crippen LogP contribution is 2.37. The Bertz CT molecular complexity index is 1090. The maximum atomic E-state index is 14.4. The van der Waals surface area contributed by atoms with E-state index in [2.05, 4.69) is 4.98 Å². The lowest BCUT2D eigenvalue weighted by Crippen LogP contribution is -2.30. The number of benzene rings is 2. The Labute approximate surface area is 180 Å². The molecule has 1 atom stereocenters. The molecule has 1 aliphatic carbocycles. The van der Waals surface area contributed by atoms with Crippen LogP contribution in [0.3, 0.4) is 0 Å². The van der Waals surface area contributed by atoms with Crippen LogP contribution in [-0.4, -0.2) is 28.9 Å². The molecule has 1 amide bonds. The van der Waals surface area contributed by atoms with Crippen molar-refractivity contribution in [1.82, 2.24) is 9.88 Å². The number of aromatic amines is 1. The molecule has 2 heterocycles. The number of carbonyl (C=O) groups excluding carboxylic acids is 1. The van der Waals surface area contributed by atoms with Gasteiger partial charge in [-0.2, -0.15) is 0 Å². The van der Waals surface area contributed by atoms with Crippen LogP contribution in [0.25, 0.3) is 22.2 Å². The second-order valence-electron chi connectivity index (χ2n) is 8.21. The predicted molar refractivity (Wildman–Crippen MR) is 116 cm³/mol. The summed E-state index contributed by atoms with van der Waals surface area (Å²) in [4.78, 5) is 17.4. The molecule has 1 aromatic heterocycles. The van der Waals surface area contributed by atoms with E-state index >= 15 is 0 Å². The fourth-order valence-electron chi connectivity index (χ4n) is 4.43. The van der Waals surface area contributed by atoms with Crippen molar-refractivity contribution in [2.24, 2.45) is 11.8 Å². The van der Waals surface area contributed by atoms with Crippen molar-refractivity contribution in [3.63, 3.8) is 0 Å². The number of amides is 1. The van der Waals surface area contributed by atoms with Crippen molar-refractivity contribution in [2.75, 3.05) is 13.1 Å². The van der Waals surface area contributed by atoms with Gasteiger partial charge in [0.25, 0.3) is 0 Å². The van der Waals surface area contributed by atoms with Crippen molar-refractivity contribution < 1.29 is 18.0 Å². The zero-order valence-electron chi connectivity index (χ0n) is 17.9. The van der Waals surface area contributed by atoms with E-state index in [1.54, 1.807) is 12.1 Å². The van der Waals surface area contributed by atoms with Crippen LogP contribution >= 0.6 is 0 Å². The van der Waals surface area contributed by atoms with Gasteiger partial charge in [0.05, 0.1) is 5.52 Å². The molecule has 0 spiro atoms. The normalized spacial score (nSPS) is 18.2. The van der Waals surface area contributed by atoms with Crippen molar-refractivity contribution >= 4 is 16.8 Å². The van der Waals surface area contributed by atoms with Gasteiger partial charge < -0.3 is 9.88 Å². The minimum atomic E-state index is -0.647. The van der Waals surface area contributed by atoms with Crippen LogP contribution in [0.2, 0.25) is 0 Å². The van der Waals surface area contributed by atoms with Crippen LogP contribution in [0.4, 0.5) is 13.2 Å². The molecule has 164 valence electrons. The number of halogens is 3. The van der Waals surface area contributed by atoms with Gasteiger partial charge in [-0.15, -0.1) is 0 Å². The molecule has 31 heavy (non-hydrogen) atoms. The highest BCUT2D eigenvalue weighted by molar-refractivity contribution is 5.91. The molecule has 1 saturated carbocycles. The number of H-pyrrole nitrogens is 1. The zero-order valence-corrected chi connectivity index (χ0v) is 17.9. The molecule has 1 aliphatic heterocycles. The maximum Gasteiger partial charge on any atom is 0.225 e. The van der Waals surface area contributed by atoms with Gasteiger partial charge in [0.1, 0.15) is 17.5 Å². The van der Waals surface area contributed by atoms with Crippen LogP contribution in [0.15, 0.2) is 36.4 Å². The maximum absolute atomic E-state index is 14.4. The molecule has 2 aromatic carbocycles. The number of fused-ring (bicyclic) bond motifs is 1. The quantitative estimate of drug-likeness (QED) is 0.537. The number of nitrogens with zero attached hydrogens (tertiary/aromatic N) is 1. The molecule has 1 N–H and O–H groups in total. The van der Waals surface area contributed by atoms with Crippen molar-refractivity contribution in [3.05, 3.63) is 59.4 Å². The third kappa shape index (κ3) is 4.34. The van der Waals surface area contributed by atoms with Gasteiger partial charge in [-0.1, -0.05) is 13.8 Å². The summed E-state index contributed by atoms with van der Waals surface area (Å²) in [5, 5.41) is 0.508. The standard InChI is InChI=1S/C23H21F3N2O.C2H6/c24-16-5-3-14(4-6-16)21-18(19-10-17(25)11-20(26)22(19)27-21)9-13-7-8-28(12-13)23(29)15-1-2-15;1-2/h3-6,10-11,13,15,27H,1-2,7-9,12H2;1-2H3. The molecule has 2 aliphatic rings. The van der Waals surface area contributed by atoms with Gasteiger partial charge in [0, 0.05) is 36.2 Å². The van der Waals surface area contributed by atoms with Gasteiger partial charge in [0.2, 0.25) is 5.91 Å². The summed E-state index contributed by atoms with van der Waals surface area (Å²) < 4.78 is 41.8. The fourth-order valence-corrected chi connectivity index (χ4v) is 4.43. The van der Waals surface area contributed by atoms with Crippen LogP contribution in [0.5, 0.6) is 0 Å². The van der Waals surface area contributed by atoms with Gasteiger partial charge in [-0.3, -0.25) is 4.79 Å². The summed E-state index contributed by atoms with van der Waals surface area (Å²) in [5.41, 5.74) is 2.47. The van der Waals surface area contributed by atoms with Gasteiger partial charge in [0.15, 0.2) is 0 Å². The molecule has 0 bridgehead atoms. The number of aromatic nitrogens is 1. The summed E-state index contributed by atoms with van der Waals surface area (Å²) in [6.07, 6.45) is 3.43. The monoisotopic (exact) mass is 428 g/mol. The third-order valence-corrected chi connectivity index (χ3v) is 6.08. The van der Waals surface area contributed by atoms with Gasteiger partial charge in [-0.05, 0) is 73.1 Å². The van der Waals surface area contributed by atoms with Crippen molar-refractivity contribution in [3.8, 4) is 11.3 Å². The van der Waals surface area contributed by atoms with E-state index in [9.17, 15) is 18.0 Å². The first-order valence-corrected chi connectivity index (χ1v) is 11.0. The fraction of sp³-hybridized carbons (Fsp3) is 0.400. The summed E-state index contributed by atoms with van der Waals surface area (Å²) >= 11 is 0. The van der Waals surface area contributed by atoms with E-state index in [4.69, 9.17) is 0 Å². The summed E-state index contributed by atoms with van der Waals surface area (Å²) in [6.45, 7) is 5.40. The summed E-state index contributed by atoms with van der Waals surface area (Å²) in [6, 6.07) is 8.19. The molecule has 1 saturated heterocycles. The lowest BCUT2D eigenvalue weighted by atomic mass is 9.94. The Balaban J connectivity index is 0.00000112. The largest absolute Gasteiger partial charge is 0.352 e. The van der Waals surface area contributed by atoms with Crippen LogP contribution in [0, 0.1) is 29.3 Å². The summed E-state index contributed by atoms with van der Waals surface area (Å²) in [5.74, 6) is -0.970. The Morgan fingerprint density at radius 2 is 1.74 bits per heavy atom. The van der Waals surface area contributed by atoms with Crippen molar-refractivity contribution in [2.45, 2.75) is 39.5 Å². The van der Waals surface area contributed by atoms with E-state index in [0.29, 0.717) is 24.0 Å². The molecule has 2 fully saturated rings. The second kappa shape index (κ2) is 8.77. The smallest absolute Gasteiger partial charge is 0.225 e. The Morgan fingerprint density at radius 1 is 1.03 bits per heavy atom. The highest BCUT2D eigenvalue weighted by atomic mass is 19.1. The number of rotatable bonds is 4. The minimum Gasteiger partial charge on any atom is -0.352 e. The highest BCUT2D eigenvalue weighted by Gasteiger charge is 2.37.